The van der Waals surface area contributed by atoms with E-state index in [1.807, 2.05) is 19.1 Å². The minimum Gasteiger partial charge on any atom is -0.392 e. The largest absolute Gasteiger partial charge is 0.392 e. The third kappa shape index (κ3) is 5.41. The molecule has 1 aromatic rings. The molecule has 2 atom stereocenters. The van der Waals surface area contributed by atoms with Crippen LogP contribution >= 0.6 is 0 Å². The van der Waals surface area contributed by atoms with E-state index >= 15 is 0 Å². The molecule has 0 aliphatic carbocycles. The Hall–Kier alpha value is -0.910. The zero-order chi connectivity index (χ0) is 16.0. The number of hydrogen-bond acceptors (Lipinski definition) is 4. The van der Waals surface area contributed by atoms with E-state index < -0.39 is 9.84 Å². The standard InChI is InChI=1S/C16H27NO3S/c1-5-13(6-2)16(18)11-17-12(3)14-7-9-15(10-8-14)21(4,19)20/h7-10,12-13,16-18H,5-6,11H2,1-4H3. The van der Waals surface area contributed by atoms with Crippen LogP contribution in [0.25, 0.3) is 0 Å². The van der Waals surface area contributed by atoms with Crippen molar-refractivity contribution in [2.24, 2.45) is 5.92 Å². The van der Waals surface area contributed by atoms with Crippen molar-refractivity contribution in [3.05, 3.63) is 29.8 Å². The van der Waals surface area contributed by atoms with E-state index in [0.29, 0.717) is 17.4 Å². The van der Waals surface area contributed by atoms with Gasteiger partial charge in [0.15, 0.2) is 9.84 Å². The Morgan fingerprint density at radius 3 is 2.10 bits per heavy atom. The van der Waals surface area contributed by atoms with Gasteiger partial charge in [-0.3, -0.25) is 0 Å². The summed E-state index contributed by atoms with van der Waals surface area (Å²) < 4.78 is 22.8. The fourth-order valence-electron chi connectivity index (χ4n) is 2.42. The fraction of sp³-hybridized carbons (Fsp3) is 0.625. The van der Waals surface area contributed by atoms with Gasteiger partial charge in [0.05, 0.1) is 11.0 Å². The lowest BCUT2D eigenvalue weighted by Crippen LogP contribution is -2.33. The maximum Gasteiger partial charge on any atom is 0.175 e. The van der Waals surface area contributed by atoms with Crippen LogP contribution in [0.5, 0.6) is 0 Å². The van der Waals surface area contributed by atoms with E-state index in [0.717, 1.165) is 18.4 Å². The van der Waals surface area contributed by atoms with E-state index in [9.17, 15) is 13.5 Å². The minimum absolute atomic E-state index is 0.0719. The van der Waals surface area contributed by atoms with E-state index in [1.165, 1.54) is 6.26 Å². The average molecular weight is 313 g/mol. The number of benzene rings is 1. The molecule has 0 radical (unpaired) electrons. The third-order valence-corrected chi connectivity index (χ3v) is 5.16. The number of rotatable bonds is 8. The van der Waals surface area contributed by atoms with Gasteiger partial charge < -0.3 is 10.4 Å². The minimum atomic E-state index is -3.15. The molecule has 0 saturated heterocycles. The third-order valence-electron chi connectivity index (χ3n) is 4.03. The molecule has 0 heterocycles. The first-order valence-corrected chi connectivity index (χ1v) is 9.40. The van der Waals surface area contributed by atoms with Crippen molar-refractivity contribution in [1.82, 2.24) is 5.32 Å². The van der Waals surface area contributed by atoms with E-state index in [-0.39, 0.29) is 12.1 Å². The van der Waals surface area contributed by atoms with Crippen LogP contribution in [-0.2, 0) is 9.84 Å². The summed E-state index contributed by atoms with van der Waals surface area (Å²) in [6.45, 7) is 6.73. The van der Waals surface area contributed by atoms with Crippen LogP contribution in [0.15, 0.2) is 29.2 Å². The van der Waals surface area contributed by atoms with E-state index in [2.05, 4.69) is 19.2 Å². The molecule has 4 nitrogen and oxygen atoms in total. The number of aliphatic hydroxyl groups is 1. The highest BCUT2D eigenvalue weighted by Gasteiger charge is 2.16. The summed E-state index contributed by atoms with van der Waals surface area (Å²) in [5.74, 6) is 0.317. The lowest BCUT2D eigenvalue weighted by Gasteiger charge is -2.23. The van der Waals surface area contributed by atoms with Crippen molar-refractivity contribution >= 4 is 9.84 Å². The van der Waals surface area contributed by atoms with E-state index in [4.69, 9.17) is 0 Å². The predicted octanol–water partition coefficient (Wildman–Crippen LogP) is 2.54. The van der Waals surface area contributed by atoms with Crippen LogP contribution in [0.2, 0.25) is 0 Å². The highest BCUT2D eigenvalue weighted by atomic mass is 32.2. The van der Waals surface area contributed by atoms with Crippen LogP contribution in [0, 0.1) is 5.92 Å². The molecule has 5 heteroatoms. The van der Waals surface area contributed by atoms with Gasteiger partial charge in [0.2, 0.25) is 0 Å². The molecule has 120 valence electrons. The molecule has 0 fully saturated rings. The molecule has 0 bridgehead atoms. The molecule has 0 amide bonds. The van der Waals surface area contributed by atoms with Crippen molar-refractivity contribution in [2.75, 3.05) is 12.8 Å². The van der Waals surface area contributed by atoms with Gasteiger partial charge in [-0.05, 0) is 30.5 Å². The van der Waals surface area contributed by atoms with Gasteiger partial charge in [-0.2, -0.15) is 0 Å². The number of sulfone groups is 1. The Labute approximate surface area is 128 Å². The lowest BCUT2D eigenvalue weighted by molar-refractivity contribution is 0.0989. The van der Waals surface area contributed by atoms with Gasteiger partial charge in [0, 0.05) is 18.8 Å². The second-order valence-electron chi connectivity index (χ2n) is 5.62. The zero-order valence-electron chi connectivity index (χ0n) is 13.3. The molecular weight excluding hydrogens is 286 g/mol. The molecule has 21 heavy (non-hydrogen) atoms. The van der Waals surface area contributed by atoms with Crippen LogP contribution in [0.4, 0.5) is 0 Å². The Bertz CT molecular complexity index is 521. The molecule has 0 aliphatic rings. The Morgan fingerprint density at radius 1 is 1.14 bits per heavy atom. The summed E-state index contributed by atoms with van der Waals surface area (Å²) in [5.41, 5.74) is 1.01. The number of aliphatic hydroxyl groups excluding tert-OH is 1. The van der Waals surface area contributed by atoms with E-state index in [1.54, 1.807) is 12.1 Å². The first kappa shape index (κ1) is 18.1. The lowest BCUT2D eigenvalue weighted by atomic mass is 9.96. The Balaban J connectivity index is 2.62. The van der Waals surface area contributed by atoms with Gasteiger partial charge in [0.25, 0.3) is 0 Å². The summed E-state index contributed by atoms with van der Waals surface area (Å²) in [7, 11) is -3.15. The quantitative estimate of drug-likeness (QED) is 0.774. The summed E-state index contributed by atoms with van der Waals surface area (Å²) in [6.07, 6.45) is 2.79. The Kier molecular flexibility index (Phi) is 6.84. The molecule has 2 N–H and O–H groups in total. The molecule has 1 rings (SSSR count). The summed E-state index contributed by atoms with van der Waals surface area (Å²) in [4.78, 5) is 0.329. The smallest absolute Gasteiger partial charge is 0.175 e. The normalized spacial score (nSPS) is 15.1. The molecule has 0 aromatic heterocycles. The summed E-state index contributed by atoms with van der Waals surface area (Å²) in [6, 6.07) is 6.96. The topological polar surface area (TPSA) is 66.4 Å². The van der Waals surface area contributed by atoms with Gasteiger partial charge in [-0.1, -0.05) is 38.8 Å². The molecule has 0 saturated carbocycles. The Morgan fingerprint density at radius 2 is 1.67 bits per heavy atom. The maximum atomic E-state index is 11.4. The fourth-order valence-corrected chi connectivity index (χ4v) is 3.05. The predicted molar refractivity (Wildman–Crippen MR) is 86.0 cm³/mol. The van der Waals surface area contributed by atoms with Gasteiger partial charge >= 0.3 is 0 Å². The second-order valence-corrected chi connectivity index (χ2v) is 7.63. The van der Waals surface area contributed by atoms with Crippen LogP contribution in [0.1, 0.15) is 45.2 Å². The number of nitrogens with one attached hydrogen (secondary N) is 1. The van der Waals surface area contributed by atoms with Crippen molar-refractivity contribution in [2.45, 2.75) is 50.7 Å². The molecule has 0 aliphatic heterocycles. The van der Waals surface area contributed by atoms with Crippen LogP contribution in [-0.4, -0.2) is 32.4 Å². The first-order chi connectivity index (χ1) is 9.79. The monoisotopic (exact) mass is 313 g/mol. The highest BCUT2D eigenvalue weighted by molar-refractivity contribution is 7.90. The SMILES string of the molecule is CCC(CC)C(O)CNC(C)c1ccc(S(C)(=O)=O)cc1. The van der Waals surface area contributed by atoms with Crippen molar-refractivity contribution in [3.8, 4) is 0 Å². The zero-order valence-corrected chi connectivity index (χ0v) is 14.2. The van der Waals surface area contributed by atoms with Crippen molar-refractivity contribution < 1.29 is 13.5 Å². The van der Waals surface area contributed by atoms with Gasteiger partial charge in [-0.15, -0.1) is 0 Å². The van der Waals surface area contributed by atoms with Gasteiger partial charge in [0.1, 0.15) is 0 Å². The molecule has 1 aromatic carbocycles. The highest BCUT2D eigenvalue weighted by Crippen LogP contribution is 2.17. The van der Waals surface area contributed by atoms with Crippen LogP contribution in [0.3, 0.4) is 0 Å². The van der Waals surface area contributed by atoms with Crippen molar-refractivity contribution in [3.63, 3.8) is 0 Å². The second kappa shape index (κ2) is 7.92. The van der Waals surface area contributed by atoms with Gasteiger partial charge in [-0.25, -0.2) is 8.42 Å². The summed E-state index contributed by atoms with van der Waals surface area (Å²) in [5, 5.41) is 13.4. The van der Waals surface area contributed by atoms with Crippen LogP contribution < -0.4 is 5.32 Å². The van der Waals surface area contributed by atoms with Crippen molar-refractivity contribution in [1.29, 1.82) is 0 Å². The average Bonchev–Trinajstić information content (AvgIpc) is 2.45. The molecule has 2 unspecified atom stereocenters. The maximum absolute atomic E-state index is 11.4. The summed E-state index contributed by atoms with van der Waals surface area (Å²) >= 11 is 0. The number of hydrogen-bond donors (Lipinski definition) is 2. The molecule has 0 spiro atoms. The first-order valence-electron chi connectivity index (χ1n) is 7.51. The molecular formula is C16H27NO3S.